The van der Waals surface area contributed by atoms with Crippen LogP contribution in [-0.4, -0.2) is 57.4 Å². The average molecular weight is 444 g/mol. The largest absolute Gasteiger partial charge is 0.474 e. The number of fused-ring (bicyclic) bond motifs is 2. The van der Waals surface area contributed by atoms with Crippen molar-refractivity contribution >= 4 is 50.2 Å². The van der Waals surface area contributed by atoms with Crippen LogP contribution in [0, 0.1) is 0 Å². The van der Waals surface area contributed by atoms with Crippen LogP contribution in [0.1, 0.15) is 26.7 Å². The first-order valence-electron chi connectivity index (χ1n) is 9.61. The first-order chi connectivity index (χ1) is 14.6. The molecule has 1 fully saturated rings. The molecule has 3 aromatic rings. The van der Waals surface area contributed by atoms with Gasteiger partial charge in [0.15, 0.2) is 37.7 Å². The van der Waals surface area contributed by atoms with Crippen LogP contribution < -0.4 is 20.7 Å². The average Bonchev–Trinajstić information content (AvgIpc) is 3.36. The summed E-state index contributed by atoms with van der Waals surface area (Å²) in [6, 6.07) is 3.58. The molecule has 1 aliphatic heterocycles. The molecule has 0 bridgehead atoms. The minimum atomic E-state index is -3.57. The molecule has 0 aromatic carbocycles. The van der Waals surface area contributed by atoms with Crippen LogP contribution in [0.15, 0.2) is 17.2 Å². The molecule has 13 heteroatoms. The molecule has 162 valence electrons. The number of carbonyl (C=O) groups is 1. The summed E-state index contributed by atoms with van der Waals surface area (Å²) in [4.78, 5) is 25.3. The fourth-order valence-corrected chi connectivity index (χ4v) is 3.91. The van der Waals surface area contributed by atoms with Crippen LogP contribution in [0.2, 0.25) is 0 Å². The number of H-pyrrole nitrogens is 1. The van der Waals surface area contributed by atoms with Crippen molar-refractivity contribution in [2.24, 2.45) is 0 Å². The third-order valence-corrected chi connectivity index (χ3v) is 5.90. The number of pyridine rings is 1. The normalized spacial score (nSPS) is 17.6. The first-order valence-corrected chi connectivity index (χ1v) is 11.5. The van der Waals surface area contributed by atoms with Crippen molar-refractivity contribution in [3.05, 3.63) is 12.1 Å². The Morgan fingerprint density at radius 2 is 1.97 bits per heavy atom. The Labute approximate surface area is 177 Å². The second-order valence-corrected chi connectivity index (χ2v) is 10.0. The fraction of sp³-hybridized carbons (Fsp3) is 0.389. The van der Waals surface area contributed by atoms with Gasteiger partial charge in [0.25, 0.3) is 5.91 Å². The highest BCUT2D eigenvalue weighted by Gasteiger charge is 2.36. The number of rotatable bonds is 5. The van der Waals surface area contributed by atoms with Gasteiger partial charge in [-0.3, -0.25) is 9.89 Å². The van der Waals surface area contributed by atoms with E-state index in [2.05, 4.69) is 41.1 Å². The number of nitrogens with zero attached hydrogens (tertiary/aromatic N) is 4. The Bertz CT molecular complexity index is 1330. The van der Waals surface area contributed by atoms with E-state index in [1.54, 1.807) is 26.0 Å². The predicted octanol–water partition coefficient (Wildman–Crippen LogP) is 1.58. The van der Waals surface area contributed by atoms with Crippen molar-refractivity contribution in [2.75, 3.05) is 22.2 Å². The Balaban J connectivity index is 1.51. The summed E-state index contributed by atoms with van der Waals surface area (Å²) >= 11 is 0. The number of nitrogens with one attached hydrogen (secondary N) is 4. The zero-order chi connectivity index (χ0) is 22.0. The Kier molecular flexibility index (Phi) is 4.09. The molecule has 5 rings (SSSR count). The molecule has 12 nitrogen and oxygen atoms in total. The minimum absolute atomic E-state index is 0.105. The maximum absolute atomic E-state index is 12.1. The summed E-state index contributed by atoms with van der Waals surface area (Å²) in [6.45, 7) is 3.34. The van der Waals surface area contributed by atoms with Crippen LogP contribution in [0.5, 0.6) is 5.75 Å². The van der Waals surface area contributed by atoms with Crippen molar-refractivity contribution < 1.29 is 17.9 Å². The van der Waals surface area contributed by atoms with Gasteiger partial charge in [-0.25, -0.2) is 13.4 Å². The second-order valence-electron chi connectivity index (χ2n) is 8.07. The lowest BCUT2D eigenvalue weighted by Crippen LogP contribution is -2.46. The molecule has 3 aromatic heterocycles. The Hall–Kier alpha value is -3.48. The van der Waals surface area contributed by atoms with Gasteiger partial charge in [0.05, 0.1) is 0 Å². The lowest BCUT2D eigenvalue weighted by molar-refractivity contribution is -0.129. The molecule has 1 amide bonds. The summed E-state index contributed by atoms with van der Waals surface area (Å²) in [6.07, 6.45) is 3.04. The summed E-state index contributed by atoms with van der Waals surface area (Å²) < 4.78 is 29.9. The van der Waals surface area contributed by atoms with Crippen LogP contribution in [-0.2, 0) is 14.6 Å². The highest BCUT2D eigenvalue weighted by molar-refractivity contribution is 7.90. The van der Waals surface area contributed by atoms with Gasteiger partial charge in [0.1, 0.15) is 17.0 Å². The number of amides is 1. The topological polar surface area (TPSA) is 164 Å². The number of ether oxygens (including phenoxy) is 1. The van der Waals surface area contributed by atoms with E-state index in [9.17, 15) is 13.2 Å². The molecule has 4 heterocycles. The summed E-state index contributed by atoms with van der Waals surface area (Å²) in [5.41, 5.74) is -0.712. The molecule has 31 heavy (non-hydrogen) atoms. The zero-order valence-corrected chi connectivity index (χ0v) is 17.8. The van der Waals surface area contributed by atoms with Crippen LogP contribution in [0.3, 0.4) is 0 Å². The number of anilines is 4. The standard InChI is InChI=1S/C18H20N8O4S/c1-18(2)16(27)22-12-9(30-18)6-7-10(20-12)21-17-23-13(19-8-4-5-8)11-14(24-17)25-26-15(11)31(3,28)29/h6-8H,4-5H2,1-3H3,(H4,19,20,21,22,23,24,25,26,27). The maximum Gasteiger partial charge on any atom is 0.269 e. The van der Waals surface area contributed by atoms with Gasteiger partial charge in [0, 0.05) is 12.3 Å². The van der Waals surface area contributed by atoms with E-state index in [4.69, 9.17) is 4.74 Å². The fourth-order valence-electron chi connectivity index (χ4n) is 3.14. The SMILES string of the molecule is CC1(C)Oc2ccc(Nc3nc(NC4CC4)c4c(S(C)(=O)=O)n[nH]c4n3)nc2NC1=O. The third-order valence-electron chi connectivity index (χ3n) is 4.90. The number of aromatic amines is 1. The lowest BCUT2D eigenvalue weighted by Gasteiger charge is -2.30. The van der Waals surface area contributed by atoms with Crippen molar-refractivity contribution in [1.82, 2.24) is 25.1 Å². The predicted molar refractivity (Wildman–Crippen MR) is 112 cm³/mol. The van der Waals surface area contributed by atoms with Gasteiger partial charge in [-0.05, 0) is 38.8 Å². The summed E-state index contributed by atoms with van der Waals surface area (Å²) in [7, 11) is -3.57. The maximum atomic E-state index is 12.1. The molecule has 1 aliphatic carbocycles. The molecule has 0 radical (unpaired) electrons. The second kappa shape index (κ2) is 6.51. The lowest BCUT2D eigenvalue weighted by atomic mass is 10.1. The Morgan fingerprint density at radius 3 is 2.68 bits per heavy atom. The molecule has 0 unspecified atom stereocenters. The molecular formula is C18H20N8O4S. The minimum Gasteiger partial charge on any atom is -0.474 e. The molecule has 0 spiro atoms. The van der Waals surface area contributed by atoms with Crippen LogP contribution in [0.4, 0.5) is 23.4 Å². The molecule has 0 atom stereocenters. The zero-order valence-electron chi connectivity index (χ0n) is 17.0. The van der Waals surface area contributed by atoms with E-state index in [0.717, 1.165) is 19.1 Å². The van der Waals surface area contributed by atoms with Gasteiger partial charge in [-0.2, -0.15) is 15.1 Å². The molecule has 4 N–H and O–H groups in total. The first kappa shape index (κ1) is 19.5. The number of hydrogen-bond donors (Lipinski definition) is 4. The van der Waals surface area contributed by atoms with Gasteiger partial charge in [-0.15, -0.1) is 0 Å². The van der Waals surface area contributed by atoms with Gasteiger partial charge in [0.2, 0.25) is 5.95 Å². The molecule has 0 saturated heterocycles. The Morgan fingerprint density at radius 1 is 1.19 bits per heavy atom. The van der Waals surface area contributed by atoms with Crippen LogP contribution in [0.25, 0.3) is 11.0 Å². The summed E-state index contributed by atoms with van der Waals surface area (Å²) in [5, 5.41) is 15.7. The van der Waals surface area contributed by atoms with E-state index in [1.165, 1.54) is 0 Å². The third kappa shape index (κ3) is 3.60. The van der Waals surface area contributed by atoms with Crippen LogP contribution >= 0.6 is 0 Å². The summed E-state index contributed by atoms with van der Waals surface area (Å²) in [5.74, 6) is 1.38. The van der Waals surface area contributed by atoms with Crippen molar-refractivity contribution in [3.8, 4) is 5.75 Å². The number of hydrogen-bond acceptors (Lipinski definition) is 10. The number of aromatic nitrogens is 5. The van der Waals surface area contributed by atoms with Crippen molar-refractivity contribution in [1.29, 1.82) is 0 Å². The van der Waals surface area contributed by atoms with E-state index in [0.29, 0.717) is 22.8 Å². The highest BCUT2D eigenvalue weighted by Crippen LogP contribution is 2.35. The molecular weight excluding hydrogens is 424 g/mol. The number of carbonyl (C=O) groups excluding carboxylic acids is 1. The van der Waals surface area contributed by atoms with E-state index in [-0.39, 0.29) is 34.4 Å². The smallest absolute Gasteiger partial charge is 0.269 e. The molecule has 2 aliphatic rings. The van der Waals surface area contributed by atoms with Gasteiger partial charge in [-0.1, -0.05) is 0 Å². The molecule has 1 saturated carbocycles. The monoisotopic (exact) mass is 444 g/mol. The highest BCUT2D eigenvalue weighted by atomic mass is 32.2. The van der Waals surface area contributed by atoms with Crippen molar-refractivity contribution in [2.45, 2.75) is 43.4 Å². The van der Waals surface area contributed by atoms with Crippen molar-refractivity contribution in [3.63, 3.8) is 0 Å². The number of sulfone groups is 1. The van der Waals surface area contributed by atoms with Gasteiger partial charge >= 0.3 is 0 Å². The van der Waals surface area contributed by atoms with E-state index in [1.807, 2.05) is 0 Å². The quantitative estimate of drug-likeness (QED) is 0.454. The van der Waals surface area contributed by atoms with E-state index < -0.39 is 15.4 Å². The van der Waals surface area contributed by atoms with Gasteiger partial charge < -0.3 is 20.7 Å². The van der Waals surface area contributed by atoms with E-state index >= 15 is 0 Å².